The van der Waals surface area contributed by atoms with E-state index in [0.29, 0.717) is 6.61 Å². The fraction of sp³-hybridized carbons (Fsp3) is 0.364. The molecule has 7 heteroatoms. The summed E-state index contributed by atoms with van der Waals surface area (Å²) < 4.78 is 8.95. The van der Waals surface area contributed by atoms with E-state index in [1.54, 1.807) is 15.6 Å². The number of nitrogens with zero attached hydrogens (tertiary/aromatic N) is 4. The first-order chi connectivity index (χ1) is 14.2. The van der Waals surface area contributed by atoms with Crippen LogP contribution in [0, 0.1) is 0 Å². The topological polar surface area (TPSA) is 72.5 Å². The second-order valence-electron chi connectivity index (χ2n) is 7.29. The highest BCUT2D eigenvalue weighted by molar-refractivity contribution is 5.34. The molecule has 2 aromatic carbocycles. The Morgan fingerprint density at radius 1 is 1.03 bits per heavy atom. The van der Waals surface area contributed by atoms with Gasteiger partial charge in [-0.3, -0.25) is 4.90 Å². The maximum atomic E-state index is 12.8. The van der Waals surface area contributed by atoms with E-state index in [-0.39, 0.29) is 18.3 Å². The molecular weight excluding hydrogens is 368 g/mol. The van der Waals surface area contributed by atoms with Crippen LogP contribution in [0.25, 0.3) is 5.69 Å². The Hall–Kier alpha value is -2.90. The molecule has 0 bridgehead atoms. The van der Waals surface area contributed by atoms with Crippen molar-refractivity contribution in [2.75, 3.05) is 26.2 Å². The van der Waals surface area contributed by atoms with Crippen LogP contribution in [0.1, 0.15) is 24.4 Å². The first kappa shape index (κ1) is 19.4. The average molecular weight is 394 g/mol. The van der Waals surface area contributed by atoms with Gasteiger partial charge in [0.25, 0.3) is 0 Å². The van der Waals surface area contributed by atoms with Crippen molar-refractivity contribution in [1.82, 2.24) is 19.2 Å². The monoisotopic (exact) mass is 394 g/mol. The Morgan fingerprint density at radius 2 is 1.76 bits per heavy atom. The number of piperidine rings is 1. The molecule has 1 aromatic heterocycles. The highest BCUT2D eigenvalue weighted by atomic mass is 16.5. The average Bonchev–Trinajstić information content (AvgIpc) is 3.16. The van der Waals surface area contributed by atoms with Gasteiger partial charge in [0, 0.05) is 19.6 Å². The van der Waals surface area contributed by atoms with Crippen molar-refractivity contribution in [3.8, 4) is 11.4 Å². The lowest BCUT2D eigenvalue weighted by atomic mass is 10.1. The van der Waals surface area contributed by atoms with Crippen LogP contribution in [-0.2, 0) is 6.61 Å². The quantitative estimate of drug-likeness (QED) is 0.665. The van der Waals surface area contributed by atoms with E-state index in [0.717, 1.165) is 49.5 Å². The third-order valence-corrected chi connectivity index (χ3v) is 5.41. The molecule has 0 amide bonds. The van der Waals surface area contributed by atoms with Crippen LogP contribution in [0.2, 0.25) is 0 Å². The molecule has 0 unspecified atom stereocenters. The van der Waals surface area contributed by atoms with Gasteiger partial charge in [0.1, 0.15) is 18.7 Å². The van der Waals surface area contributed by atoms with Gasteiger partial charge in [0.05, 0.1) is 18.3 Å². The van der Waals surface area contributed by atoms with Gasteiger partial charge in [0.2, 0.25) is 0 Å². The van der Waals surface area contributed by atoms with Crippen molar-refractivity contribution in [3.05, 3.63) is 77.0 Å². The van der Waals surface area contributed by atoms with Crippen molar-refractivity contribution in [2.45, 2.75) is 25.5 Å². The number of aromatic nitrogens is 3. The summed E-state index contributed by atoms with van der Waals surface area (Å²) in [5.41, 5.74) is 1.46. The minimum Gasteiger partial charge on any atom is -0.492 e. The minimum atomic E-state index is -0.118. The number of hydrogen-bond acceptors (Lipinski definition) is 5. The van der Waals surface area contributed by atoms with Crippen LogP contribution >= 0.6 is 0 Å². The molecule has 1 aliphatic heterocycles. The molecule has 1 aliphatic rings. The number of benzene rings is 2. The smallest absolute Gasteiger partial charge is 0.350 e. The summed E-state index contributed by atoms with van der Waals surface area (Å²) >= 11 is 0. The Morgan fingerprint density at radius 3 is 2.45 bits per heavy atom. The summed E-state index contributed by atoms with van der Waals surface area (Å²) in [5.74, 6) is 0.895. The fourth-order valence-electron chi connectivity index (χ4n) is 3.70. The number of para-hydroxylation sites is 1. The number of aliphatic hydroxyl groups excluding tert-OH is 1. The van der Waals surface area contributed by atoms with E-state index in [4.69, 9.17) is 9.84 Å². The van der Waals surface area contributed by atoms with Crippen LogP contribution in [0.5, 0.6) is 5.75 Å². The van der Waals surface area contributed by atoms with Crippen molar-refractivity contribution in [3.63, 3.8) is 0 Å². The molecule has 4 rings (SSSR count). The number of likely N-dealkylation sites (tertiary alicyclic amines) is 1. The van der Waals surface area contributed by atoms with Gasteiger partial charge in [0.15, 0.2) is 0 Å². The van der Waals surface area contributed by atoms with Gasteiger partial charge < -0.3 is 9.84 Å². The first-order valence-electron chi connectivity index (χ1n) is 10.0. The summed E-state index contributed by atoms with van der Waals surface area (Å²) in [5, 5.41) is 13.5. The number of ether oxygens (including phenoxy) is 1. The second-order valence-corrected chi connectivity index (χ2v) is 7.29. The highest BCUT2D eigenvalue weighted by Crippen LogP contribution is 2.20. The summed E-state index contributed by atoms with van der Waals surface area (Å²) in [6.07, 6.45) is 3.37. The molecular formula is C22H26N4O3. The molecule has 0 saturated carbocycles. The minimum absolute atomic E-state index is 0.0105. The molecule has 152 valence electrons. The highest BCUT2D eigenvalue weighted by Gasteiger charge is 2.23. The van der Waals surface area contributed by atoms with E-state index in [1.807, 2.05) is 54.6 Å². The Bertz CT molecular complexity index is 958. The standard InChI is InChI=1S/C22H26N4O3/c27-16-18-6-8-19(9-7-18)25-17-23-26(22(25)28)20-10-12-24(13-11-20)14-15-29-21-4-2-1-3-5-21/h1-9,17,20,27H,10-16H2. The van der Waals surface area contributed by atoms with Crippen molar-refractivity contribution >= 4 is 0 Å². The van der Waals surface area contributed by atoms with Crippen LogP contribution in [0.3, 0.4) is 0 Å². The zero-order valence-corrected chi connectivity index (χ0v) is 16.4. The van der Waals surface area contributed by atoms with E-state index in [9.17, 15) is 4.79 Å². The van der Waals surface area contributed by atoms with Gasteiger partial charge >= 0.3 is 5.69 Å². The Balaban J connectivity index is 1.31. The van der Waals surface area contributed by atoms with Crippen molar-refractivity contribution < 1.29 is 9.84 Å². The van der Waals surface area contributed by atoms with Gasteiger partial charge in [-0.2, -0.15) is 5.10 Å². The van der Waals surface area contributed by atoms with Gasteiger partial charge in [-0.15, -0.1) is 0 Å². The third-order valence-electron chi connectivity index (χ3n) is 5.41. The Labute approximate surface area is 169 Å². The van der Waals surface area contributed by atoms with Gasteiger partial charge in [-0.25, -0.2) is 14.0 Å². The molecule has 1 N–H and O–H groups in total. The molecule has 0 spiro atoms. The summed E-state index contributed by atoms with van der Waals surface area (Å²) in [7, 11) is 0. The summed E-state index contributed by atoms with van der Waals surface area (Å²) in [6, 6.07) is 17.3. The van der Waals surface area contributed by atoms with Crippen LogP contribution < -0.4 is 10.4 Å². The van der Waals surface area contributed by atoms with Crippen LogP contribution in [0.4, 0.5) is 0 Å². The van der Waals surface area contributed by atoms with E-state index < -0.39 is 0 Å². The molecule has 7 nitrogen and oxygen atoms in total. The molecule has 0 aliphatic carbocycles. The maximum absolute atomic E-state index is 12.8. The molecule has 0 atom stereocenters. The number of aliphatic hydroxyl groups is 1. The van der Waals surface area contributed by atoms with E-state index in [1.165, 1.54) is 0 Å². The lowest BCUT2D eigenvalue weighted by molar-refractivity contribution is 0.151. The maximum Gasteiger partial charge on any atom is 0.350 e. The second kappa shape index (κ2) is 9.07. The summed E-state index contributed by atoms with van der Waals surface area (Å²) in [6.45, 7) is 3.37. The van der Waals surface area contributed by atoms with E-state index >= 15 is 0 Å². The molecule has 1 saturated heterocycles. The van der Waals surface area contributed by atoms with Gasteiger partial charge in [-0.05, 0) is 42.7 Å². The number of rotatable bonds is 7. The summed E-state index contributed by atoms with van der Waals surface area (Å²) in [4.78, 5) is 15.2. The van der Waals surface area contributed by atoms with Gasteiger partial charge in [-0.1, -0.05) is 30.3 Å². The fourth-order valence-corrected chi connectivity index (χ4v) is 3.70. The van der Waals surface area contributed by atoms with E-state index in [2.05, 4.69) is 10.00 Å². The normalized spacial score (nSPS) is 15.5. The van der Waals surface area contributed by atoms with Crippen LogP contribution in [-0.4, -0.2) is 50.6 Å². The SMILES string of the molecule is O=c1n(-c2ccc(CO)cc2)cnn1C1CCN(CCOc2ccccc2)CC1. The molecule has 0 radical (unpaired) electrons. The van der Waals surface area contributed by atoms with Crippen molar-refractivity contribution in [2.24, 2.45) is 0 Å². The Kier molecular flexibility index (Phi) is 6.07. The lowest BCUT2D eigenvalue weighted by Gasteiger charge is -2.31. The predicted octanol–water partition coefficient (Wildman–Crippen LogP) is 2.24. The lowest BCUT2D eigenvalue weighted by Crippen LogP contribution is -2.39. The molecule has 29 heavy (non-hydrogen) atoms. The molecule has 1 fully saturated rings. The van der Waals surface area contributed by atoms with Crippen molar-refractivity contribution in [1.29, 1.82) is 0 Å². The zero-order valence-electron chi connectivity index (χ0n) is 16.4. The number of hydrogen-bond donors (Lipinski definition) is 1. The third kappa shape index (κ3) is 4.58. The largest absolute Gasteiger partial charge is 0.492 e. The molecule has 3 aromatic rings. The molecule has 2 heterocycles. The van der Waals surface area contributed by atoms with Crippen LogP contribution in [0.15, 0.2) is 65.7 Å². The first-order valence-corrected chi connectivity index (χ1v) is 10.0. The predicted molar refractivity (Wildman–Crippen MR) is 110 cm³/mol. The zero-order chi connectivity index (χ0) is 20.1.